The Morgan fingerprint density at radius 3 is 2.34 bits per heavy atom. The molecule has 0 bridgehead atoms. The van der Waals surface area contributed by atoms with E-state index in [2.05, 4.69) is 16.5 Å². The van der Waals surface area contributed by atoms with Crippen LogP contribution in [0.4, 0.5) is 13.2 Å². The molecule has 0 amide bonds. The van der Waals surface area contributed by atoms with Crippen LogP contribution in [-0.4, -0.2) is 16.6 Å². The van der Waals surface area contributed by atoms with Gasteiger partial charge in [0, 0.05) is 10.9 Å². The lowest BCUT2D eigenvalue weighted by molar-refractivity contribution is 0.360. The van der Waals surface area contributed by atoms with E-state index in [-0.39, 0.29) is 12.2 Å². The maximum atomic E-state index is 15.1. The summed E-state index contributed by atoms with van der Waals surface area (Å²) in [7, 11) is 0. The van der Waals surface area contributed by atoms with Gasteiger partial charge in [0.25, 0.3) is 0 Å². The quantitative estimate of drug-likeness (QED) is 0.230. The molecule has 7 heteroatoms. The smallest absolute Gasteiger partial charge is 0.159 e. The molecular formula is C25H18ClF3N2O. The van der Waals surface area contributed by atoms with Gasteiger partial charge in [0.15, 0.2) is 11.6 Å². The molecule has 1 heterocycles. The Labute approximate surface area is 188 Å². The molecule has 0 saturated carbocycles. The van der Waals surface area contributed by atoms with Crippen LogP contribution >= 0.6 is 11.6 Å². The van der Waals surface area contributed by atoms with E-state index in [0.29, 0.717) is 46.5 Å². The summed E-state index contributed by atoms with van der Waals surface area (Å²) < 4.78 is 47.7. The van der Waals surface area contributed by atoms with Crippen molar-refractivity contribution >= 4 is 22.4 Å². The number of rotatable bonds is 7. The minimum absolute atomic E-state index is 0.277. The van der Waals surface area contributed by atoms with Gasteiger partial charge >= 0.3 is 0 Å². The molecule has 0 aliphatic rings. The third-order valence-corrected chi connectivity index (χ3v) is 5.38. The SMILES string of the molecule is C=CCOc1cnc(-c2ccc3c(F)c(CCc4cc(F)c(Cl)c(F)c4)ccc3c2)nc1. The monoisotopic (exact) mass is 454 g/mol. The Bertz CT molecular complexity index is 1270. The van der Waals surface area contributed by atoms with E-state index in [0.717, 1.165) is 5.56 Å². The Morgan fingerprint density at radius 1 is 0.938 bits per heavy atom. The van der Waals surface area contributed by atoms with Crippen LogP contribution in [0.3, 0.4) is 0 Å². The minimum atomic E-state index is -0.823. The van der Waals surface area contributed by atoms with E-state index < -0.39 is 16.7 Å². The molecule has 0 unspecified atom stereocenters. The average molecular weight is 455 g/mol. The van der Waals surface area contributed by atoms with E-state index in [4.69, 9.17) is 16.3 Å². The number of benzene rings is 3. The van der Waals surface area contributed by atoms with Gasteiger partial charge in [-0.15, -0.1) is 0 Å². The van der Waals surface area contributed by atoms with Crippen LogP contribution in [-0.2, 0) is 12.8 Å². The highest BCUT2D eigenvalue weighted by Gasteiger charge is 2.12. The fourth-order valence-electron chi connectivity index (χ4n) is 3.40. The first-order valence-corrected chi connectivity index (χ1v) is 10.2. The maximum Gasteiger partial charge on any atom is 0.159 e. The Kier molecular flexibility index (Phi) is 6.42. The lowest BCUT2D eigenvalue weighted by Crippen LogP contribution is -1.98. The van der Waals surface area contributed by atoms with E-state index in [1.165, 1.54) is 12.1 Å². The number of aromatic nitrogens is 2. The second-order valence-electron chi connectivity index (χ2n) is 7.19. The molecule has 4 aromatic rings. The van der Waals surface area contributed by atoms with Crippen molar-refractivity contribution in [3.63, 3.8) is 0 Å². The molecule has 1 aromatic heterocycles. The second kappa shape index (κ2) is 9.40. The predicted octanol–water partition coefficient (Wildman–Crippen LogP) is 6.72. The fourth-order valence-corrected chi connectivity index (χ4v) is 3.50. The van der Waals surface area contributed by atoms with Crippen molar-refractivity contribution in [3.8, 4) is 17.1 Å². The van der Waals surface area contributed by atoms with E-state index in [1.54, 1.807) is 36.7 Å². The number of fused-ring (bicyclic) bond motifs is 1. The van der Waals surface area contributed by atoms with Crippen molar-refractivity contribution in [2.45, 2.75) is 12.8 Å². The largest absolute Gasteiger partial charge is 0.486 e. The molecular weight excluding hydrogens is 437 g/mol. The molecule has 0 saturated heterocycles. The Balaban J connectivity index is 1.55. The highest BCUT2D eigenvalue weighted by Crippen LogP contribution is 2.27. The third kappa shape index (κ3) is 4.60. The van der Waals surface area contributed by atoms with Crippen molar-refractivity contribution in [2.75, 3.05) is 6.61 Å². The lowest BCUT2D eigenvalue weighted by Gasteiger charge is -2.09. The molecule has 0 atom stereocenters. The zero-order valence-electron chi connectivity index (χ0n) is 16.9. The molecule has 4 rings (SSSR count). The number of hydrogen-bond donors (Lipinski definition) is 0. The predicted molar refractivity (Wildman–Crippen MR) is 119 cm³/mol. The summed E-state index contributed by atoms with van der Waals surface area (Å²) in [5.41, 5.74) is 1.62. The van der Waals surface area contributed by atoms with Crippen molar-refractivity contribution in [1.82, 2.24) is 9.97 Å². The Morgan fingerprint density at radius 2 is 1.66 bits per heavy atom. The number of nitrogens with zero attached hydrogens (tertiary/aromatic N) is 2. The molecule has 0 aliphatic carbocycles. The number of ether oxygens (including phenoxy) is 1. The van der Waals surface area contributed by atoms with Gasteiger partial charge in [-0.1, -0.05) is 48.5 Å². The molecule has 0 spiro atoms. The van der Waals surface area contributed by atoms with Crippen LogP contribution in [0.5, 0.6) is 5.75 Å². The van der Waals surface area contributed by atoms with Crippen molar-refractivity contribution in [3.05, 3.63) is 101 Å². The molecule has 3 nitrogen and oxygen atoms in total. The summed E-state index contributed by atoms with van der Waals surface area (Å²) in [6.45, 7) is 3.95. The molecule has 32 heavy (non-hydrogen) atoms. The highest BCUT2D eigenvalue weighted by molar-refractivity contribution is 6.30. The zero-order valence-corrected chi connectivity index (χ0v) is 17.7. The summed E-state index contributed by atoms with van der Waals surface area (Å²) >= 11 is 5.51. The molecule has 3 aromatic carbocycles. The van der Waals surface area contributed by atoms with E-state index in [9.17, 15) is 8.78 Å². The Hall–Kier alpha value is -3.38. The lowest BCUT2D eigenvalue weighted by atomic mass is 9.99. The van der Waals surface area contributed by atoms with Gasteiger partial charge in [-0.3, -0.25) is 0 Å². The molecule has 0 aliphatic heterocycles. The third-order valence-electron chi connectivity index (χ3n) is 5.01. The van der Waals surface area contributed by atoms with Gasteiger partial charge in [-0.25, -0.2) is 23.1 Å². The average Bonchev–Trinajstić information content (AvgIpc) is 2.81. The van der Waals surface area contributed by atoms with Gasteiger partial charge < -0.3 is 4.74 Å². The van der Waals surface area contributed by atoms with Gasteiger partial charge in [-0.05, 0) is 47.6 Å². The van der Waals surface area contributed by atoms with Crippen LogP contribution in [0.15, 0.2) is 67.5 Å². The normalized spacial score (nSPS) is 11.0. The van der Waals surface area contributed by atoms with E-state index >= 15 is 4.39 Å². The summed E-state index contributed by atoms with van der Waals surface area (Å²) in [6.07, 6.45) is 5.34. The first kappa shape index (κ1) is 21.8. The highest BCUT2D eigenvalue weighted by atomic mass is 35.5. The fraction of sp³-hybridized carbons (Fsp3) is 0.120. The number of halogens is 4. The molecule has 0 radical (unpaired) electrons. The van der Waals surface area contributed by atoms with Crippen molar-refractivity contribution in [2.24, 2.45) is 0 Å². The van der Waals surface area contributed by atoms with Crippen LogP contribution in [0, 0.1) is 17.5 Å². The molecule has 162 valence electrons. The van der Waals surface area contributed by atoms with Gasteiger partial charge in [-0.2, -0.15) is 0 Å². The first-order valence-electron chi connectivity index (χ1n) is 9.87. The number of hydrogen-bond acceptors (Lipinski definition) is 3. The number of aryl methyl sites for hydroxylation is 2. The van der Waals surface area contributed by atoms with Crippen LogP contribution < -0.4 is 4.74 Å². The standard InChI is InChI=1S/C25H18ClF3N2O/c1-2-9-32-19-13-30-25(31-14-19)18-7-8-20-17(12-18)6-5-16(24(20)29)4-3-15-10-21(27)23(26)22(28)11-15/h2,5-8,10-14H,1,3-4,9H2. The second-order valence-corrected chi connectivity index (χ2v) is 7.57. The van der Waals surface area contributed by atoms with Crippen LogP contribution in [0.1, 0.15) is 11.1 Å². The van der Waals surface area contributed by atoms with Crippen LogP contribution in [0.25, 0.3) is 22.2 Å². The maximum absolute atomic E-state index is 15.1. The summed E-state index contributed by atoms with van der Waals surface area (Å²) in [6, 6.07) is 11.1. The summed E-state index contributed by atoms with van der Waals surface area (Å²) in [5.74, 6) is -0.982. The topological polar surface area (TPSA) is 35.0 Å². The first-order chi connectivity index (χ1) is 15.5. The van der Waals surface area contributed by atoms with Crippen LogP contribution in [0.2, 0.25) is 5.02 Å². The molecule has 0 fully saturated rings. The van der Waals surface area contributed by atoms with Gasteiger partial charge in [0.2, 0.25) is 0 Å². The zero-order chi connectivity index (χ0) is 22.7. The van der Waals surface area contributed by atoms with Crippen molar-refractivity contribution in [1.29, 1.82) is 0 Å². The van der Waals surface area contributed by atoms with E-state index in [1.807, 2.05) is 12.1 Å². The summed E-state index contributed by atoms with van der Waals surface area (Å²) in [4.78, 5) is 8.59. The van der Waals surface area contributed by atoms with Gasteiger partial charge in [0.05, 0.1) is 12.4 Å². The van der Waals surface area contributed by atoms with Crippen molar-refractivity contribution < 1.29 is 17.9 Å². The summed E-state index contributed by atoms with van der Waals surface area (Å²) in [5, 5.41) is 0.609. The minimum Gasteiger partial charge on any atom is -0.486 e. The molecule has 0 N–H and O–H groups in total. The van der Waals surface area contributed by atoms with Gasteiger partial charge in [0.1, 0.15) is 29.1 Å².